The van der Waals surface area contributed by atoms with Gasteiger partial charge in [0.2, 0.25) is 0 Å². The smallest absolute Gasteiger partial charge is 0.303 e. The second-order valence-corrected chi connectivity index (χ2v) is 6.89. The molecule has 0 bridgehead atoms. The number of carboxylic acids is 1. The van der Waals surface area contributed by atoms with E-state index in [1.807, 2.05) is 12.1 Å². The monoisotopic (exact) mass is 349 g/mol. The van der Waals surface area contributed by atoms with Gasteiger partial charge < -0.3 is 19.5 Å². The summed E-state index contributed by atoms with van der Waals surface area (Å²) in [5, 5.41) is 8.83. The molecule has 0 aliphatic carbocycles. The Labute approximate surface area is 148 Å². The lowest BCUT2D eigenvalue weighted by atomic mass is 9.94. The van der Waals surface area contributed by atoms with Crippen LogP contribution in [-0.2, 0) is 9.59 Å². The van der Waals surface area contributed by atoms with Crippen LogP contribution in [0.5, 0.6) is 11.5 Å². The summed E-state index contributed by atoms with van der Waals surface area (Å²) >= 11 is 0. The molecule has 1 fully saturated rings. The van der Waals surface area contributed by atoms with E-state index in [0.29, 0.717) is 31.4 Å². The number of nitrogens with zero attached hydrogens (tertiary/aromatic N) is 1. The van der Waals surface area contributed by atoms with Crippen molar-refractivity contribution >= 4 is 11.9 Å². The predicted molar refractivity (Wildman–Crippen MR) is 93.8 cm³/mol. The highest BCUT2D eigenvalue weighted by atomic mass is 16.5. The molecule has 6 heteroatoms. The molecule has 2 rings (SSSR count). The summed E-state index contributed by atoms with van der Waals surface area (Å²) in [4.78, 5) is 24.7. The van der Waals surface area contributed by atoms with Gasteiger partial charge in [0.15, 0.2) is 6.61 Å². The molecule has 1 aromatic rings. The fraction of sp³-hybridized carbons (Fsp3) is 0.579. The Bertz CT molecular complexity index is 579. The maximum absolute atomic E-state index is 12.3. The summed E-state index contributed by atoms with van der Waals surface area (Å²) in [6, 6.07) is 7.29. The quantitative estimate of drug-likeness (QED) is 0.781. The van der Waals surface area contributed by atoms with Gasteiger partial charge in [0.1, 0.15) is 11.5 Å². The van der Waals surface area contributed by atoms with Crippen molar-refractivity contribution in [2.45, 2.75) is 33.1 Å². The summed E-state index contributed by atoms with van der Waals surface area (Å²) in [5.41, 5.74) is 0. The standard InChI is InChI=1S/C19H27NO5/c1-14(2)12-24-16-4-3-5-17(11-16)25-13-18(21)20-8-6-15(7-9-20)10-19(22)23/h3-5,11,14-15H,6-10,12-13H2,1-2H3,(H,22,23). The number of hydrogen-bond acceptors (Lipinski definition) is 4. The molecule has 0 aromatic heterocycles. The maximum atomic E-state index is 12.3. The molecule has 1 amide bonds. The van der Waals surface area contributed by atoms with Gasteiger partial charge in [-0.2, -0.15) is 0 Å². The number of amides is 1. The van der Waals surface area contributed by atoms with E-state index in [2.05, 4.69) is 13.8 Å². The minimum absolute atomic E-state index is 0.0166. The third-order valence-electron chi connectivity index (χ3n) is 4.18. The fourth-order valence-electron chi connectivity index (χ4n) is 2.79. The third kappa shape index (κ3) is 6.64. The van der Waals surface area contributed by atoms with Crippen molar-refractivity contribution in [2.24, 2.45) is 11.8 Å². The van der Waals surface area contributed by atoms with Crippen LogP contribution in [0, 0.1) is 11.8 Å². The minimum atomic E-state index is -0.771. The zero-order chi connectivity index (χ0) is 18.2. The lowest BCUT2D eigenvalue weighted by molar-refractivity contribution is -0.139. The zero-order valence-corrected chi connectivity index (χ0v) is 14.9. The number of hydrogen-bond donors (Lipinski definition) is 1. The largest absolute Gasteiger partial charge is 0.493 e. The van der Waals surface area contributed by atoms with Gasteiger partial charge in [-0.05, 0) is 36.8 Å². The second-order valence-electron chi connectivity index (χ2n) is 6.89. The first-order valence-electron chi connectivity index (χ1n) is 8.79. The molecule has 1 aliphatic rings. The van der Waals surface area contributed by atoms with Gasteiger partial charge in [0.25, 0.3) is 5.91 Å². The Morgan fingerprint density at radius 1 is 1.20 bits per heavy atom. The van der Waals surface area contributed by atoms with Gasteiger partial charge in [-0.25, -0.2) is 0 Å². The van der Waals surface area contributed by atoms with Crippen molar-refractivity contribution in [3.63, 3.8) is 0 Å². The minimum Gasteiger partial charge on any atom is -0.493 e. The van der Waals surface area contributed by atoms with E-state index in [9.17, 15) is 9.59 Å². The van der Waals surface area contributed by atoms with Gasteiger partial charge in [-0.15, -0.1) is 0 Å². The topological polar surface area (TPSA) is 76.1 Å². The van der Waals surface area contributed by atoms with E-state index in [4.69, 9.17) is 14.6 Å². The van der Waals surface area contributed by atoms with E-state index in [0.717, 1.165) is 18.6 Å². The van der Waals surface area contributed by atoms with Crippen molar-refractivity contribution in [1.82, 2.24) is 4.90 Å². The van der Waals surface area contributed by atoms with Crippen LogP contribution >= 0.6 is 0 Å². The molecule has 1 aliphatic heterocycles. The van der Waals surface area contributed by atoms with Crippen molar-refractivity contribution < 1.29 is 24.2 Å². The fourth-order valence-corrected chi connectivity index (χ4v) is 2.79. The Balaban J connectivity index is 1.76. The molecule has 0 atom stereocenters. The van der Waals surface area contributed by atoms with Gasteiger partial charge in [-0.3, -0.25) is 9.59 Å². The number of piperidine rings is 1. The summed E-state index contributed by atoms with van der Waals surface area (Å²) in [6.07, 6.45) is 1.65. The normalized spacial score (nSPS) is 15.2. The number of aliphatic carboxylic acids is 1. The van der Waals surface area contributed by atoms with Gasteiger partial charge in [-0.1, -0.05) is 19.9 Å². The SMILES string of the molecule is CC(C)COc1cccc(OCC(=O)N2CCC(CC(=O)O)CC2)c1. The van der Waals surface area contributed by atoms with Gasteiger partial charge in [0.05, 0.1) is 6.61 Å². The summed E-state index contributed by atoms with van der Waals surface area (Å²) in [7, 11) is 0. The molecule has 138 valence electrons. The molecular formula is C19H27NO5. The molecular weight excluding hydrogens is 322 g/mol. The highest BCUT2D eigenvalue weighted by Crippen LogP contribution is 2.22. The van der Waals surface area contributed by atoms with Crippen LogP contribution in [0.1, 0.15) is 33.1 Å². The van der Waals surface area contributed by atoms with Crippen molar-refractivity contribution in [3.8, 4) is 11.5 Å². The van der Waals surface area contributed by atoms with Crippen molar-refractivity contribution in [2.75, 3.05) is 26.3 Å². The number of carbonyl (C=O) groups excluding carboxylic acids is 1. The Kier molecular flexibility index (Phi) is 7.10. The number of ether oxygens (including phenoxy) is 2. The summed E-state index contributed by atoms with van der Waals surface area (Å²) < 4.78 is 11.2. The summed E-state index contributed by atoms with van der Waals surface area (Å²) in [5.74, 6) is 1.10. The molecule has 0 unspecified atom stereocenters. The lowest BCUT2D eigenvalue weighted by Crippen LogP contribution is -2.41. The highest BCUT2D eigenvalue weighted by Gasteiger charge is 2.24. The van der Waals surface area contributed by atoms with Crippen LogP contribution in [0.4, 0.5) is 0 Å². The Morgan fingerprint density at radius 2 is 1.84 bits per heavy atom. The van der Waals surface area contributed by atoms with E-state index in [1.165, 1.54) is 0 Å². The number of carboxylic acid groups (broad SMARTS) is 1. The van der Waals surface area contributed by atoms with Crippen LogP contribution in [0.3, 0.4) is 0 Å². The first-order valence-corrected chi connectivity index (χ1v) is 8.79. The Hall–Kier alpha value is -2.24. The predicted octanol–water partition coefficient (Wildman–Crippen LogP) is 2.81. The maximum Gasteiger partial charge on any atom is 0.303 e. The van der Waals surface area contributed by atoms with Crippen LogP contribution in [0.2, 0.25) is 0 Å². The average Bonchev–Trinajstić information content (AvgIpc) is 2.58. The molecule has 6 nitrogen and oxygen atoms in total. The zero-order valence-electron chi connectivity index (χ0n) is 14.9. The van der Waals surface area contributed by atoms with Gasteiger partial charge in [0, 0.05) is 25.6 Å². The number of benzene rings is 1. The molecule has 1 saturated heterocycles. The molecule has 25 heavy (non-hydrogen) atoms. The van der Waals surface area contributed by atoms with Crippen LogP contribution in [0.25, 0.3) is 0 Å². The van der Waals surface area contributed by atoms with Crippen LogP contribution < -0.4 is 9.47 Å². The summed E-state index contributed by atoms with van der Waals surface area (Å²) in [6.45, 7) is 5.97. The molecule has 0 spiro atoms. The van der Waals surface area contributed by atoms with Crippen LogP contribution in [-0.4, -0.2) is 48.2 Å². The number of likely N-dealkylation sites (tertiary alicyclic amines) is 1. The molecule has 1 aromatic carbocycles. The van der Waals surface area contributed by atoms with E-state index in [1.54, 1.807) is 17.0 Å². The third-order valence-corrected chi connectivity index (χ3v) is 4.18. The number of rotatable bonds is 8. The first kappa shape index (κ1) is 19.1. The molecule has 1 heterocycles. The second kappa shape index (κ2) is 9.30. The highest BCUT2D eigenvalue weighted by molar-refractivity contribution is 5.78. The molecule has 1 N–H and O–H groups in total. The van der Waals surface area contributed by atoms with E-state index < -0.39 is 5.97 Å². The molecule has 0 saturated carbocycles. The Morgan fingerprint density at radius 3 is 2.44 bits per heavy atom. The van der Waals surface area contributed by atoms with Crippen molar-refractivity contribution in [1.29, 1.82) is 0 Å². The van der Waals surface area contributed by atoms with Crippen molar-refractivity contribution in [3.05, 3.63) is 24.3 Å². The van der Waals surface area contributed by atoms with Crippen LogP contribution in [0.15, 0.2) is 24.3 Å². The average molecular weight is 349 g/mol. The van der Waals surface area contributed by atoms with Gasteiger partial charge >= 0.3 is 5.97 Å². The lowest BCUT2D eigenvalue weighted by Gasteiger charge is -2.31. The number of carbonyl (C=O) groups is 2. The van der Waals surface area contributed by atoms with E-state index in [-0.39, 0.29) is 24.9 Å². The molecule has 0 radical (unpaired) electrons. The van der Waals surface area contributed by atoms with E-state index >= 15 is 0 Å². The first-order chi connectivity index (χ1) is 11.9.